The van der Waals surface area contributed by atoms with E-state index in [2.05, 4.69) is 22.1 Å². The van der Waals surface area contributed by atoms with Gasteiger partial charge in [-0.3, -0.25) is 4.79 Å². The first-order valence-corrected chi connectivity index (χ1v) is 9.33. The Morgan fingerprint density at radius 3 is 2.62 bits per heavy atom. The SMILES string of the molecule is CC1CCN(c2ccc(CNC(=O)N3CCC(C)(C(=O)O)C3)cn2)CC1. The lowest BCUT2D eigenvalue weighted by Gasteiger charge is -2.31. The highest BCUT2D eigenvalue weighted by Gasteiger charge is 2.42. The van der Waals surface area contributed by atoms with E-state index in [0.717, 1.165) is 30.4 Å². The third-order valence-corrected chi connectivity index (χ3v) is 5.64. The van der Waals surface area contributed by atoms with Crippen molar-refractivity contribution in [1.29, 1.82) is 0 Å². The normalized spacial score (nSPS) is 23.9. The molecule has 0 radical (unpaired) electrons. The van der Waals surface area contributed by atoms with Crippen LogP contribution in [-0.4, -0.2) is 53.2 Å². The van der Waals surface area contributed by atoms with Crippen LogP contribution in [0.3, 0.4) is 0 Å². The van der Waals surface area contributed by atoms with Crippen LogP contribution in [0.4, 0.5) is 10.6 Å². The minimum Gasteiger partial charge on any atom is -0.481 e. The van der Waals surface area contributed by atoms with Crippen LogP contribution < -0.4 is 10.2 Å². The van der Waals surface area contributed by atoms with E-state index >= 15 is 0 Å². The highest BCUT2D eigenvalue weighted by Crippen LogP contribution is 2.30. The molecule has 2 N–H and O–H groups in total. The number of nitrogens with zero attached hydrogens (tertiary/aromatic N) is 3. The van der Waals surface area contributed by atoms with Crippen LogP contribution in [0.1, 0.15) is 38.7 Å². The van der Waals surface area contributed by atoms with Crippen molar-refractivity contribution in [2.45, 2.75) is 39.7 Å². The molecule has 0 aliphatic carbocycles. The first-order chi connectivity index (χ1) is 12.4. The fraction of sp³-hybridized carbons (Fsp3) is 0.632. The quantitative estimate of drug-likeness (QED) is 0.861. The summed E-state index contributed by atoms with van der Waals surface area (Å²) in [4.78, 5) is 32.0. The maximum atomic E-state index is 12.3. The summed E-state index contributed by atoms with van der Waals surface area (Å²) in [5.74, 6) is 0.928. The molecular weight excluding hydrogens is 332 g/mol. The molecule has 2 saturated heterocycles. The second-order valence-corrected chi connectivity index (χ2v) is 7.89. The number of carboxylic acid groups (broad SMARTS) is 1. The monoisotopic (exact) mass is 360 g/mol. The predicted molar refractivity (Wildman–Crippen MR) is 99.0 cm³/mol. The van der Waals surface area contributed by atoms with Gasteiger partial charge in [0.05, 0.1) is 5.41 Å². The number of likely N-dealkylation sites (tertiary alicyclic amines) is 1. The first kappa shape index (κ1) is 18.5. The number of carbonyl (C=O) groups is 2. The minimum absolute atomic E-state index is 0.218. The summed E-state index contributed by atoms with van der Waals surface area (Å²) in [5.41, 5.74) is 0.0969. The lowest BCUT2D eigenvalue weighted by Crippen LogP contribution is -2.40. The number of carbonyl (C=O) groups excluding carboxylic acids is 1. The van der Waals surface area contributed by atoms with Crippen molar-refractivity contribution in [2.24, 2.45) is 11.3 Å². The van der Waals surface area contributed by atoms with Crippen molar-refractivity contribution in [3.05, 3.63) is 23.9 Å². The zero-order valence-corrected chi connectivity index (χ0v) is 15.6. The third kappa shape index (κ3) is 4.08. The van der Waals surface area contributed by atoms with E-state index in [0.29, 0.717) is 19.5 Å². The number of nitrogens with one attached hydrogen (secondary N) is 1. The second-order valence-electron chi connectivity index (χ2n) is 7.89. The van der Waals surface area contributed by atoms with Gasteiger partial charge in [-0.25, -0.2) is 9.78 Å². The van der Waals surface area contributed by atoms with Gasteiger partial charge >= 0.3 is 12.0 Å². The van der Waals surface area contributed by atoms with E-state index in [1.165, 1.54) is 12.8 Å². The van der Waals surface area contributed by atoms with Crippen molar-refractivity contribution in [1.82, 2.24) is 15.2 Å². The zero-order valence-electron chi connectivity index (χ0n) is 15.6. The van der Waals surface area contributed by atoms with Crippen LogP contribution in [0.15, 0.2) is 18.3 Å². The van der Waals surface area contributed by atoms with E-state index in [4.69, 9.17) is 0 Å². The van der Waals surface area contributed by atoms with Crippen molar-refractivity contribution in [3.63, 3.8) is 0 Å². The maximum absolute atomic E-state index is 12.3. The molecule has 1 unspecified atom stereocenters. The molecule has 0 spiro atoms. The van der Waals surface area contributed by atoms with E-state index in [1.54, 1.807) is 18.0 Å². The van der Waals surface area contributed by atoms with E-state index in [9.17, 15) is 14.7 Å². The number of rotatable bonds is 4. The Morgan fingerprint density at radius 1 is 1.31 bits per heavy atom. The van der Waals surface area contributed by atoms with E-state index < -0.39 is 11.4 Å². The van der Waals surface area contributed by atoms with Gasteiger partial charge in [0.25, 0.3) is 0 Å². The predicted octanol–water partition coefficient (Wildman–Crippen LogP) is 2.32. The lowest BCUT2D eigenvalue weighted by atomic mass is 9.90. The Hall–Kier alpha value is -2.31. The Labute approximate surface area is 154 Å². The summed E-state index contributed by atoms with van der Waals surface area (Å²) in [5, 5.41) is 12.1. The number of urea groups is 1. The Morgan fingerprint density at radius 2 is 2.04 bits per heavy atom. The fourth-order valence-electron chi connectivity index (χ4n) is 3.54. The number of hydrogen-bond donors (Lipinski definition) is 2. The van der Waals surface area contributed by atoms with Gasteiger partial charge in [-0.15, -0.1) is 0 Å². The molecule has 1 aromatic rings. The largest absolute Gasteiger partial charge is 0.481 e. The molecule has 7 heteroatoms. The molecule has 1 aromatic heterocycles. The van der Waals surface area contributed by atoms with Gasteiger partial charge in [-0.2, -0.15) is 0 Å². The Kier molecular flexibility index (Phi) is 5.34. The van der Waals surface area contributed by atoms with Crippen LogP contribution >= 0.6 is 0 Å². The molecule has 2 aliphatic heterocycles. The number of anilines is 1. The molecule has 2 fully saturated rings. The number of amides is 2. The standard InChI is InChI=1S/C19H28N4O3/c1-14-5-8-22(9-6-14)16-4-3-15(11-20-16)12-21-18(26)23-10-7-19(2,13-23)17(24)25/h3-4,11,14H,5-10,12-13H2,1-2H3,(H,21,26)(H,24,25). The topological polar surface area (TPSA) is 85.8 Å². The van der Waals surface area contributed by atoms with Crippen LogP contribution in [0.25, 0.3) is 0 Å². The van der Waals surface area contributed by atoms with Crippen molar-refractivity contribution in [3.8, 4) is 0 Å². The molecule has 2 aliphatic rings. The molecule has 1 atom stereocenters. The number of hydrogen-bond acceptors (Lipinski definition) is 4. The van der Waals surface area contributed by atoms with Gasteiger partial charge in [-0.1, -0.05) is 13.0 Å². The summed E-state index contributed by atoms with van der Waals surface area (Å²) in [6.07, 6.45) is 4.69. The van der Waals surface area contributed by atoms with Crippen molar-refractivity contribution < 1.29 is 14.7 Å². The highest BCUT2D eigenvalue weighted by molar-refractivity contribution is 5.79. The summed E-state index contributed by atoms with van der Waals surface area (Å²) in [6.45, 7) is 7.17. The van der Waals surface area contributed by atoms with Crippen LogP contribution in [0.5, 0.6) is 0 Å². The van der Waals surface area contributed by atoms with Crippen molar-refractivity contribution >= 4 is 17.8 Å². The molecule has 0 saturated carbocycles. The number of aromatic nitrogens is 1. The fourth-order valence-corrected chi connectivity index (χ4v) is 3.54. The van der Waals surface area contributed by atoms with Gasteiger partial charge in [0.1, 0.15) is 5.82 Å². The van der Waals surface area contributed by atoms with Gasteiger partial charge in [0.15, 0.2) is 0 Å². The van der Waals surface area contributed by atoms with Gasteiger partial charge in [0.2, 0.25) is 0 Å². The Bertz CT molecular complexity index is 655. The average molecular weight is 360 g/mol. The maximum Gasteiger partial charge on any atom is 0.317 e. The van der Waals surface area contributed by atoms with E-state index in [-0.39, 0.29) is 12.6 Å². The molecule has 3 heterocycles. The van der Waals surface area contributed by atoms with Gasteiger partial charge in [-0.05, 0) is 43.7 Å². The first-order valence-electron chi connectivity index (χ1n) is 9.33. The number of piperidine rings is 1. The molecule has 7 nitrogen and oxygen atoms in total. The molecule has 142 valence electrons. The Balaban J connectivity index is 1.49. The van der Waals surface area contributed by atoms with Crippen LogP contribution in [0.2, 0.25) is 0 Å². The number of carboxylic acids is 1. The smallest absolute Gasteiger partial charge is 0.317 e. The average Bonchev–Trinajstić information content (AvgIpc) is 3.05. The summed E-state index contributed by atoms with van der Waals surface area (Å²) < 4.78 is 0. The van der Waals surface area contributed by atoms with Crippen molar-refractivity contribution in [2.75, 3.05) is 31.1 Å². The minimum atomic E-state index is -0.848. The van der Waals surface area contributed by atoms with Crippen LogP contribution in [-0.2, 0) is 11.3 Å². The van der Waals surface area contributed by atoms with Gasteiger partial charge in [0, 0.05) is 38.9 Å². The number of aliphatic carboxylic acids is 1. The highest BCUT2D eigenvalue weighted by atomic mass is 16.4. The number of pyridine rings is 1. The second kappa shape index (κ2) is 7.51. The lowest BCUT2D eigenvalue weighted by molar-refractivity contribution is -0.147. The molecule has 0 aromatic carbocycles. The molecule has 26 heavy (non-hydrogen) atoms. The zero-order chi connectivity index (χ0) is 18.7. The van der Waals surface area contributed by atoms with Gasteiger partial charge < -0.3 is 20.2 Å². The summed E-state index contributed by atoms with van der Waals surface area (Å²) >= 11 is 0. The molecular formula is C19H28N4O3. The summed E-state index contributed by atoms with van der Waals surface area (Å²) in [6, 6.07) is 3.78. The molecule has 3 rings (SSSR count). The molecule has 2 amide bonds. The molecule has 0 bridgehead atoms. The van der Waals surface area contributed by atoms with E-state index in [1.807, 2.05) is 12.1 Å². The third-order valence-electron chi connectivity index (χ3n) is 5.64. The summed E-state index contributed by atoms with van der Waals surface area (Å²) in [7, 11) is 0. The van der Waals surface area contributed by atoms with Crippen LogP contribution in [0, 0.1) is 11.3 Å².